The number of hydrogen-bond acceptors (Lipinski definition) is 4. The van der Waals surface area contributed by atoms with Crippen molar-refractivity contribution in [3.63, 3.8) is 0 Å². The fraction of sp³-hybridized carbons (Fsp3) is 0.143. The molecule has 2 aromatic carbocycles. The van der Waals surface area contributed by atoms with Crippen LogP contribution in [0.5, 0.6) is 11.5 Å². The minimum Gasteiger partial charge on any atom is -0.495 e. The van der Waals surface area contributed by atoms with Crippen LogP contribution >= 0.6 is 27.5 Å². The van der Waals surface area contributed by atoms with Gasteiger partial charge in [-0.1, -0.05) is 27.5 Å². The van der Waals surface area contributed by atoms with E-state index < -0.39 is 0 Å². The molecule has 0 aliphatic heterocycles. The summed E-state index contributed by atoms with van der Waals surface area (Å²) < 4.78 is 11.4. The number of nitrogen functional groups attached to an aromatic ring is 1. The lowest BCUT2D eigenvalue weighted by Crippen LogP contribution is -1.99. The van der Waals surface area contributed by atoms with Crippen molar-refractivity contribution in [3.05, 3.63) is 39.8 Å². The van der Waals surface area contributed by atoms with Gasteiger partial charge < -0.3 is 20.5 Å². The van der Waals surface area contributed by atoms with E-state index in [9.17, 15) is 0 Å². The predicted octanol–water partition coefficient (Wildman–Crippen LogP) is 4.45. The van der Waals surface area contributed by atoms with Gasteiger partial charge in [0.15, 0.2) is 0 Å². The van der Waals surface area contributed by atoms with Gasteiger partial charge in [-0.2, -0.15) is 0 Å². The Balaban J connectivity index is 2.42. The summed E-state index contributed by atoms with van der Waals surface area (Å²) in [6.07, 6.45) is 0. The van der Waals surface area contributed by atoms with Crippen LogP contribution in [0.1, 0.15) is 0 Å². The standard InChI is InChI=1S/C14H14BrClN2O2/c1-19-13-7-14(20-2)12(6-9(13)16)18-11-5-8(15)3-4-10(11)17/h3-7,18H,17H2,1-2H3. The van der Waals surface area contributed by atoms with Crippen molar-refractivity contribution >= 4 is 44.6 Å². The van der Waals surface area contributed by atoms with E-state index in [1.165, 1.54) is 0 Å². The number of nitrogens with one attached hydrogen (secondary N) is 1. The molecule has 0 saturated carbocycles. The van der Waals surface area contributed by atoms with E-state index in [0.29, 0.717) is 27.9 Å². The first-order valence-electron chi connectivity index (χ1n) is 5.78. The highest BCUT2D eigenvalue weighted by atomic mass is 79.9. The number of rotatable bonds is 4. The number of halogens is 2. The zero-order valence-electron chi connectivity index (χ0n) is 11.0. The smallest absolute Gasteiger partial charge is 0.146 e. The number of hydrogen-bond donors (Lipinski definition) is 2. The summed E-state index contributed by atoms with van der Waals surface area (Å²) in [7, 11) is 3.14. The number of nitrogens with two attached hydrogens (primary N) is 1. The van der Waals surface area contributed by atoms with Crippen LogP contribution in [-0.4, -0.2) is 14.2 Å². The van der Waals surface area contributed by atoms with E-state index in [2.05, 4.69) is 21.2 Å². The van der Waals surface area contributed by atoms with Gasteiger partial charge in [0, 0.05) is 10.5 Å². The van der Waals surface area contributed by atoms with Gasteiger partial charge in [0.05, 0.1) is 36.3 Å². The molecule has 0 aliphatic carbocycles. The van der Waals surface area contributed by atoms with E-state index in [1.54, 1.807) is 26.4 Å². The van der Waals surface area contributed by atoms with Crippen LogP contribution in [0.15, 0.2) is 34.8 Å². The summed E-state index contributed by atoms with van der Waals surface area (Å²) in [6.45, 7) is 0. The molecule has 4 nitrogen and oxygen atoms in total. The van der Waals surface area contributed by atoms with Crippen molar-refractivity contribution < 1.29 is 9.47 Å². The maximum absolute atomic E-state index is 6.13. The van der Waals surface area contributed by atoms with Crippen molar-refractivity contribution in [2.45, 2.75) is 0 Å². The van der Waals surface area contributed by atoms with Gasteiger partial charge in [-0.05, 0) is 24.3 Å². The Morgan fingerprint density at radius 2 is 1.75 bits per heavy atom. The number of benzene rings is 2. The summed E-state index contributed by atoms with van der Waals surface area (Å²) >= 11 is 9.54. The lowest BCUT2D eigenvalue weighted by Gasteiger charge is -2.15. The SMILES string of the molecule is COc1cc(OC)c(Nc2cc(Br)ccc2N)cc1Cl. The van der Waals surface area contributed by atoms with Gasteiger partial charge in [0.25, 0.3) is 0 Å². The lowest BCUT2D eigenvalue weighted by molar-refractivity contribution is 0.396. The largest absolute Gasteiger partial charge is 0.495 e. The molecule has 2 rings (SSSR count). The summed E-state index contributed by atoms with van der Waals surface area (Å²) in [5.74, 6) is 1.17. The van der Waals surface area contributed by atoms with E-state index >= 15 is 0 Å². The fourth-order valence-corrected chi connectivity index (χ4v) is 2.34. The van der Waals surface area contributed by atoms with Crippen molar-refractivity contribution in [2.24, 2.45) is 0 Å². The molecule has 0 radical (unpaired) electrons. The highest BCUT2D eigenvalue weighted by molar-refractivity contribution is 9.10. The molecule has 0 atom stereocenters. The topological polar surface area (TPSA) is 56.5 Å². The van der Waals surface area contributed by atoms with Crippen molar-refractivity contribution in [2.75, 3.05) is 25.3 Å². The summed E-state index contributed by atoms with van der Waals surface area (Å²) in [4.78, 5) is 0. The minimum absolute atomic E-state index is 0.490. The number of methoxy groups -OCH3 is 2. The van der Waals surface area contributed by atoms with Gasteiger partial charge in [0.1, 0.15) is 11.5 Å². The van der Waals surface area contributed by atoms with E-state index in [1.807, 2.05) is 18.2 Å². The maximum atomic E-state index is 6.13. The minimum atomic E-state index is 0.490. The highest BCUT2D eigenvalue weighted by Gasteiger charge is 2.11. The second kappa shape index (κ2) is 6.24. The monoisotopic (exact) mass is 356 g/mol. The molecule has 0 spiro atoms. The fourth-order valence-electron chi connectivity index (χ4n) is 1.74. The first kappa shape index (κ1) is 14.8. The first-order chi connectivity index (χ1) is 9.55. The van der Waals surface area contributed by atoms with Crippen LogP contribution in [0.25, 0.3) is 0 Å². The lowest BCUT2D eigenvalue weighted by atomic mass is 10.2. The molecule has 6 heteroatoms. The normalized spacial score (nSPS) is 10.2. The van der Waals surface area contributed by atoms with E-state index in [4.69, 9.17) is 26.8 Å². The van der Waals surface area contributed by atoms with Crippen LogP contribution in [0.2, 0.25) is 5.02 Å². The molecule has 0 unspecified atom stereocenters. The molecule has 0 bridgehead atoms. The summed E-state index contributed by atoms with van der Waals surface area (Å²) in [6, 6.07) is 9.02. The third-order valence-electron chi connectivity index (χ3n) is 2.76. The van der Waals surface area contributed by atoms with Crippen LogP contribution in [-0.2, 0) is 0 Å². The molecule has 0 aromatic heterocycles. The number of anilines is 3. The van der Waals surface area contributed by atoms with Gasteiger partial charge >= 0.3 is 0 Å². The Kier molecular flexibility index (Phi) is 4.62. The molecule has 0 amide bonds. The molecule has 0 aliphatic rings. The Hall–Kier alpha value is -1.59. The summed E-state index contributed by atoms with van der Waals surface area (Å²) in [5.41, 5.74) is 8.04. The van der Waals surface area contributed by atoms with Crippen LogP contribution < -0.4 is 20.5 Å². The molecule has 106 valence electrons. The predicted molar refractivity (Wildman–Crippen MR) is 86.4 cm³/mol. The average molecular weight is 358 g/mol. The maximum Gasteiger partial charge on any atom is 0.146 e. The Morgan fingerprint density at radius 1 is 1.05 bits per heavy atom. The molecular weight excluding hydrogens is 344 g/mol. The van der Waals surface area contributed by atoms with Gasteiger partial charge in [-0.25, -0.2) is 0 Å². The van der Waals surface area contributed by atoms with Crippen molar-refractivity contribution in [1.29, 1.82) is 0 Å². The van der Waals surface area contributed by atoms with E-state index in [-0.39, 0.29) is 0 Å². The van der Waals surface area contributed by atoms with Gasteiger partial charge in [-0.3, -0.25) is 0 Å². The molecule has 0 heterocycles. The Labute approximate surface area is 131 Å². The van der Waals surface area contributed by atoms with Crippen LogP contribution in [0.4, 0.5) is 17.1 Å². The first-order valence-corrected chi connectivity index (χ1v) is 6.96. The highest BCUT2D eigenvalue weighted by Crippen LogP contribution is 2.38. The second-order valence-corrected chi connectivity index (χ2v) is 5.37. The van der Waals surface area contributed by atoms with Crippen LogP contribution in [0, 0.1) is 0 Å². The molecule has 2 aromatic rings. The third kappa shape index (κ3) is 3.11. The quantitative estimate of drug-likeness (QED) is 0.794. The third-order valence-corrected chi connectivity index (χ3v) is 3.55. The zero-order chi connectivity index (χ0) is 14.7. The van der Waals surface area contributed by atoms with Gasteiger partial charge in [0.2, 0.25) is 0 Å². The average Bonchev–Trinajstić information content (AvgIpc) is 2.43. The zero-order valence-corrected chi connectivity index (χ0v) is 13.4. The van der Waals surface area contributed by atoms with E-state index in [0.717, 1.165) is 10.2 Å². The molecule has 0 fully saturated rings. The Bertz CT molecular complexity index is 635. The Morgan fingerprint density at radius 3 is 2.40 bits per heavy atom. The number of ether oxygens (including phenoxy) is 2. The molecule has 3 N–H and O–H groups in total. The molecule has 0 saturated heterocycles. The molecular formula is C14H14BrClN2O2. The molecule has 20 heavy (non-hydrogen) atoms. The van der Waals surface area contributed by atoms with Crippen molar-refractivity contribution in [3.8, 4) is 11.5 Å². The second-order valence-electron chi connectivity index (χ2n) is 4.04. The van der Waals surface area contributed by atoms with Gasteiger partial charge in [-0.15, -0.1) is 0 Å². The van der Waals surface area contributed by atoms with Crippen molar-refractivity contribution in [1.82, 2.24) is 0 Å². The summed E-state index contributed by atoms with van der Waals surface area (Å²) in [5, 5.41) is 3.69. The van der Waals surface area contributed by atoms with Crippen LogP contribution in [0.3, 0.4) is 0 Å².